The largest absolute Gasteiger partial charge is 0.493 e. The van der Waals surface area contributed by atoms with E-state index in [9.17, 15) is 4.79 Å². The van der Waals surface area contributed by atoms with E-state index in [-0.39, 0.29) is 11.8 Å². The molecule has 0 unspecified atom stereocenters. The van der Waals surface area contributed by atoms with Gasteiger partial charge in [-0.2, -0.15) is 0 Å². The smallest absolute Gasteiger partial charge is 0.220 e. The summed E-state index contributed by atoms with van der Waals surface area (Å²) in [7, 11) is 3.68. The van der Waals surface area contributed by atoms with Crippen LogP contribution in [0.5, 0.6) is 11.5 Å². The van der Waals surface area contributed by atoms with Crippen LogP contribution >= 0.6 is 0 Å². The van der Waals surface area contributed by atoms with E-state index in [1.54, 1.807) is 13.3 Å². The van der Waals surface area contributed by atoms with Gasteiger partial charge in [0.15, 0.2) is 11.5 Å². The van der Waals surface area contributed by atoms with Crippen LogP contribution in [0.1, 0.15) is 34.7 Å². The second-order valence-electron chi connectivity index (χ2n) is 9.57. The lowest BCUT2D eigenvalue weighted by Gasteiger charge is -2.20. The van der Waals surface area contributed by atoms with Crippen molar-refractivity contribution in [3.05, 3.63) is 126 Å². The summed E-state index contributed by atoms with van der Waals surface area (Å²) in [5.74, 6) is 1.13. The zero-order valence-corrected chi connectivity index (χ0v) is 22.3. The highest BCUT2D eigenvalue weighted by molar-refractivity contribution is 5.86. The van der Waals surface area contributed by atoms with Gasteiger partial charge in [-0.05, 0) is 47.0 Å². The number of benzene rings is 3. The van der Waals surface area contributed by atoms with E-state index >= 15 is 0 Å². The van der Waals surface area contributed by atoms with Gasteiger partial charge < -0.3 is 19.4 Å². The van der Waals surface area contributed by atoms with E-state index in [0.29, 0.717) is 37.5 Å². The van der Waals surface area contributed by atoms with E-state index in [0.717, 1.165) is 33.3 Å². The molecule has 0 spiro atoms. The number of fused-ring (bicyclic) bond motifs is 1. The van der Waals surface area contributed by atoms with Crippen LogP contribution < -0.4 is 14.8 Å². The number of hydrogen-bond donors (Lipinski definition) is 1. The molecule has 2 heterocycles. The molecule has 0 saturated heterocycles. The Morgan fingerprint density at radius 3 is 2.54 bits per heavy atom. The minimum absolute atomic E-state index is 0.00793. The molecule has 0 bridgehead atoms. The van der Waals surface area contributed by atoms with E-state index < -0.39 is 0 Å². The number of hydrogen-bond acceptors (Lipinski definition) is 4. The predicted molar refractivity (Wildman–Crippen MR) is 154 cm³/mol. The normalized spacial score (nSPS) is 11.7. The fraction of sp³-hybridized carbons (Fsp3) is 0.212. The highest BCUT2D eigenvalue weighted by Gasteiger charge is 2.24. The number of amides is 1. The van der Waals surface area contributed by atoms with Crippen molar-refractivity contribution in [3.8, 4) is 11.5 Å². The molecule has 5 aromatic rings. The average molecular weight is 520 g/mol. The molecular weight excluding hydrogens is 486 g/mol. The first kappa shape index (κ1) is 26.0. The number of nitrogens with one attached hydrogen (secondary N) is 1. The number of rotatable bonds is 11. The van der Waals surface area contributed by atoms with Crippen LogP contribution in [0, 0.1) is 0 Å². The minimum atomic E-state index is -0.170. The van der Waals surface area contributed by atoms with Crippen LogP contribution in [0.4, 0.5) is 0 Å². The third kappa shape index (κ3) is 6.29. The number of methoxy groups -OCH3 is 1. The molecule has 0 fully saturated rings. The van der Waals surface area contributed by atoms with Crippen molar-refractivity contribution in [2.24, 2.45) is 7.05 Å². The summed E-state index contributed by atoms with van der Waals surface area (Å²) in [4.78, 5) is 17.6. The number of aryl methyl sites for hydroxylation is 1. The molecule has 2 aromatic heterocycles. The summed E-state index contributed by atoms with van der Waals surface area (Å²) in [5, 5.41) is 4.23. The maximum atomic E-state index is 13.3. The first-order chi connectivity index (χ1) is 19.1. The van der Waals surface area contributed by atoms with Crippen LogP contribution in [0.3, 0.4) is 0 Å². The van der Waals surface area contributed by atoms with E-state index in [2.05, 4.69) is 33.2 Å². The Morgan fingerprint density at radius 2 is 1.74 bits per heavy atom. The first-order valence-electron chi connectivity index (χ1n) is 13.2. The predicted octanol–water partition coefficient (Wildman–Crippen LogP) is 6.04. The SMILES string of the molecule is COc1ccc([C@@H](CC(=O)NCCc2ccccn2)c2cn(C)c3ccccc23)cc1OCc1ccccc1. The van der Waals surface area contributed by atoms with E-state index in [1.807, 2.05) is 85.9 Å². The Morgan fingerprint density at radius 1 is 0.949 bits per heavy atom. The molecule has 1 N–H and O–H groups in total. The molecule has 6 heteroatoms. The number of para-hydroxylation sites is 1. The van der Waals surface area contributed by atoms with Gasteiger partial charge in [0.2, 0.25) is 5.91 Å². The summed E-state index contributed by atoms with van der Waals surface area (Å²) < 4.78 is 13.9. The lowest BCUT2D eigenvalue weighted by molar-refractivity contribution is -0.121. The fourth-order valence-corrected chi connectivity index (χ4v) is 4.95. The topological polar surface area (TPSA) is 65.4 Å². The summed E-state index contributed by atoms with van der Waals surface area (Å²) in [5.41, 5.74) is 5.26. The van der Waals surface area contributed by atoms with Gasteiger partial charge in [0.1, 0.15) is 6.61 Å². The van der Waals surface area contributed by atoms with Gasteiger partial charge in [0.25, 0.3) is 0 Å². The number of nitrogens with zero attached hydrogens (tertiary/aromatic N) is 2. The molecule has 198 valence electrons. The van der Waals surface area contributed by atoms with Crippen molar-refractivity contribution in [1.82, 2.24) is 14.9 Å². The van der Waals surface area contributed by atoms with Crippen molar-refractivity contribution >= 4 is 16.8 Å². The van der Waals surface area contributed by atoms with E-state index in [4.69, 9.17) is 9.47 Å². The summed E-state index contributed by atoms with van der Waals surface area (Å²) in [6.07, 6.45) is 4.90. The van der Waals surface area contributed by atoms with Crippen molar-refractivity contribution in [2.45, 2.75) is 25.4 Å². The maximum Gasteiger partial charge on any atom is 0.220 e. The van der Waals surface area contributed by atoms with Gasteiger partial charge in [-0.3, -0.25) is 9.78 Å². The second-order valence-corrected chi connectivity index (χ2v) is 9.57. The quantitative estimate of drug-likeness (QED) is 0.231. The molecule has 0 aliphatic carbocycles. The zero-order chi connectivity index (χ0) is 27.0. The van der Waals surface area contributed by atoms with Crippen LogP contribution in [0.25, 0.3) is 10.9 Å². The number of aromatic nitrogens is 2. The number of carbonyl (C=O) groups is 1. The van der Waals surface area contributed by atoms with Gasteiger partial charge in [0, 0.05) is 61.3 Å². The molecule has 0 saturated carbocycles. The van der Waals surface area contributed by atoms with Crippen LogP contribution in [0.2, 0.25) is 0 Å². The highest BCUT2D eigenvalue weighted by Crippen LogP contribution is 2.38. The summed E-state index contributed by atoms with van der Waals surface area (Å²) in [6, 6.07) is 30.1. The van der Waals surface area contributed by atoms with Gasteiger partial charge >= 0.3 is 0 Å². The third-order valence-corrected chi connectivity index (χ3v) is 6.95. The molecule has 0 aliphatic heterocycles. The Kier molecular flexibility index (Phi) is 8.22. The minimum Gasteiger partial charge on any atom is -0.493 e. The molecule has 6 nitrogen and oxygen atoms in total. The molecular formula is C33H33N3O3. The molecule has 39 heavy (non-hydrogen) atoms. The van der Waals surface area contributed by atoms with Crippen molar-refractivity contribution in [1.29, 1.82) is 0 Å². The number of ether oxygens (including phenoxy) is 2. The second kappa shape index (κ2) is 12.3. The molecule has 3 aromatic carbocycles. The summed E-state index contributed by atoms with van der Waals surface area (Å²) >= 11 is 0. The Hall–Kier alpha value is -4.58. The highest BCUT2D eigenvalue weighted by atomic mass is 16.5. The van der Waals surface area contributed by atoms with E-state index in [1.165, 1.54) is 0 Å². The van der Waals surface area contributed by atoms with Gasteiger partial charge in [-0.1, -0.05) is 60.7 Å². The molecule has 1 atom stereocenters. The molecule has 5 rings (SSSR count). The third-order valence-electron chi connectivity index (χ3n) is 6.95. The fourth-order valence-electron chi connectivity index (χ4n) is 4.95. The maximum absolute atomic E-state index is 13.3. The van der Waals surface area contributed by atoms with Gasteiger partial charge in [-0.25, -0.2) is 0 Å². The summed E-state index contributed by atoms with van der Waals surface area (Å²) in [6.45, 7) is 0.958. The zero-order valence-electron chi connectivity index (χ0n) is 22.3. The number of pyridine rings is 1. The average Bonchev–Trinajstić information content (AvgIpc) is 3.32. The molecule has 0 aliphatic rings. The Balaban J connectivity index is 1.43. The Bertz CT molecular complexity index is 1530. The lowest BCUT2D eigenvalue weighted by atomic mass is 9.87. The van der Waals surface area contributed by atoms with Crippen LogP contribution in [0.15, 0.2) is 103 Å². The first-order valence-corrected chi connectivity index (χ1v) is 13.2. The Labute approximate surface area is 229 Å². The van der Waals surface area contributed by atoms with Gasteiger partial charge in [0.05, 0.1) is 7.11 Å². The molecule has 1 amide bonds. The molecule has 0 radical (unpaired) electrons. The lowest BCUT2D eigenvalue weighted by Crippen LogP contribution is -2.27. The van der Waals surface area contributed by atoms with Crippen molar-refractivity contribution in [2.75, 3.05) is 13.7 Å². The van der Waals surface area contributed by atoms with Gasteiger partial charge in [-0.15, -0.1) is 0 Å². The standard InChI is InChI=1S/C33H33N3O3/c1-36-22-29(27-13-6-7-14-30(27)36)28(21-33(37)35-19-17-26-12-8-9-18-34-26)25-15-16-31(38-2)32(20-25)39-23-24-10-4-3-5-11-24/h3-16,18,20,22,28H,17,19,21,23H2,1-2H3,(H,35,37)/t28-/m1/s1. The van der Waals surface area contributed by atoms with Crippen molar-refractivity contribution in [3.63, 3.8) is 0 Å². The monoisotopic (exact) mass is 519 g/mol. The van der Waals surface area contributed by atoms with Crippen LogP contribution in [-0.2, 0) is 24.9 Å². The van der Waals surface area contributed by atoms with Crippen molar-refractivity contribution < 1.29 is 14.3 Å². The number of carbonyl (C=O) groups excluding carboxylic acids is 1. The van der Waals surface area contributed by atoms with Crippen LogP contribution in [-0.4, -0.2) is 29.1 Å².